The van der Waals surface area contributed by atoms with Gasteiger partial charge in [-0.15, -0.1) is 0 Å². The highest BCUT2D eigenvalue weighted by Crippen LogP contribution is 2.18. The fourth-order valence-corrected chi connectivity index (χ4v) is 5.49. The Hall–Kier alpha value is -1.29. The summed E-state index contributed by atoms with van der Waals surface area (Å²) in [7, 11) is 0. The van der Waals surface area contributed by atoms with Crippen molar-refractivity contribution in [2.24, 2.45) is 0 Å². The van der Waals surface area contributed by atoms with Crippen molar-refractivity contribution in [3.63, 3.8) is 0 Å². The Morgan fingerprint density at radius 2 is 1.13 bits per heavy atom. The summed E-state index contributed by atoms with van der Waals surface area (Å²) in [5, 5.41) is 9.10. The van der Waals surface area contributed by atoms with Crippen molar-refractivity contribution in [2.45, 2.75) is 174 Å². The summed E-state index contributed by atoms with van der Waals surface area (Å²) in [5.74, 6) is 0. The van der Waals surface area contributed by atoms with E-state index in [-0.39, 0.29) is 6.10 Å². The monoisotopic (exact) mass is 547 g/mol. The molecule has 1 aliphatic heterocycles. The summed E-state index contributed by atoms with van der Waals surface area (Å²) in [4.78, 5) is 13.7. The number of rotatable bonds is 29. The average Bonchev–Trinajstić information content (AvgIpc) is 2.89. The Bertz CT molecular complexity index is 584. The highest BCUT2D eigenvalue weighted by molar-refractivity contribution is 5.57. The number of likely N-dealkylation sites (tertiary alicyclic amines) is 1. The maximum absolute atomic E-state index is 11.1. The van der Waals surface area contributed by atoms with Gasteiger partial charge in [0.25, 0.3) is 0 Å². The van der Waals surface area contributed by atoms with E-state index in [9.17, 15) is 4.79 Å². The molecular formula is C35H65NO3. The topological polar surface area (TPSA) is 49.8 Å². The summed E-state index contributed by atoms with van der Waals surface area (Å²) in [6.07, 6.45) is 39.3. The fraction of sp³-hybridized carbons (Fsp3) is 0.857. The van der Waals surface area contributed by atoms with Gasteiger partial charge in [0.15, 0.2) is 0 Å². The summed E-state index contributed by atoms with van der Waals surface area (Å²) in [6.45, 7) is 6.25. The molecule has 39 heavy (non-hydrogen) atoms. The van der Waals surface area contributed by atoms with E-state index in [1.165, 1.54) is 148 Å². The molecule has 228 valence electrons. The van der Waals surface area contributed by atoms with Crippen molar-refractivity contribution < 1.29 is 14.6 Å². The third kappa shape index (κ3) is 25.4. The molecule has 0 bridgehead atoms. The number of hydrogen-bond donors (Lipinski definition) is 1. The molecule has 1 rings (SSSR count). The Kier molecular flexibility index (Phi) is 25.9. The molecular weight excluding hydrogens is 482 g/mol. The molecule has 0 spiro atoms. The Morgan fingerprint density at radius 1 is 0.667 bits per heavy atom. The van der Waals surface area contributed by atoms with Gasteiger partial charge in [-0.3, -0.25) is 0 Å². The molecule has 0 amide bonds. The van der Waals surface area contributed by atoms with Gasteiger partial charge in [-0.1, -0.05) is 121 Å². The molecule has 1 saturated heterocycles. The molecule has 1 fully saturated rings. The maximum Gasteiger partial charge on any atom is 0.506 e. The number of carbonyl (C=O) groups is 1. The van der Waals surface area contributed by atoms with Crippen LogP contribution in [-0.2, 0) is 4.74 Å². The average molecular weight is 548 g/mol. The van der Waals surface area contributed by atoms with Crippen LogP contribution in [-0.4, -0.2) is 41.9 Å². The molecule has 4 nitrogen and oxygen atoms in total. The predicted molar refractivity (Wildman–Crippen MR) is 169 cm³/mol. The third-order valence-electron chi connectivity index (χ3n) is 8.19. The molecule has 1 atom stereocenters. The third-order valence-corrected chi connectivity index (χ3v) is 8.19. The lowest BCUT2D eigenvalue weighted by Crippen LogP contribution is -2.37. The van der Waals surface area contributed by atoms with Crippen LogP contribution in [0.15, 0.2) is 24.3 Å². The van der Waals surface area contributed by atoms with Gasteiger partial charge >= 0.3 is 6.16 Å². The SMILES string of the molecule is CCCCCC=CCC=CCCCCCCCC(CCCCCCCCCCCCCN1CCC1)OC(=O)O. The minimum absolute atomic E-state index is 0.110. The van der Waals surface area contributed by atoms with Gasteiger partial charge in [-0.2, -0.15) is 0 Å². The van der Waals surface area contributed by atoms with E-state index in [0.717, 1.165) is 32.1 Å². The van der Waals surface area contributed by atoms with Gasteiger partial charge in [-0.05, 0) is 90.3 Å². The Labute approximate surface area is 243 Å². The molecule has 0 saturated carbocycles. The zero-order valence-electron chi connectivity index (χ0n) is 25.9. The van der Waals surface area contributed by atoms with E-state index in [0.29, 0.717) is 0 Å². The summed E-state index contributed by atoms with van der Waals surface area (Å²) in [5.41, 5.74) is 0. The largest absolute Gasteiger partial charge is 0.506 e. The number of allylic oxidation sites excluding steroid dienone is 4. The molecule has 0 aromatic carbocycles. The number of ether oxygens (including phenoxy) is 1. The van der Waals surface area contributed by atoms with Crippen molar-refractivity contribution >= 4 is 6.16 Å². The minimum Gasteiger partial charge on any atom is -0.450 e. The van der Waals surface area contributed by atoms with E-state index >= 15 is 0 Å². The first-order valence-corrected chi connectivity index (χ1v) is 17.1. The van der Waals surface area contributed by atoms with Crippen LogP contribution in [0.4, 0.5) is 4.79 Å². The van der Waals surface area contributed by atoms with Crippen molar-refractivity contribution in [3.05, 3.63) is 24.3 Å². The zero-order chi connectivity index (χ0) is 28.1. The lowest BCUT2D eigenvalue weighted by molar-refractivity contribution is 0.0422. The number of unbranched alkanes of at least 4 members (excludes halogenated alkanes) is 18. The summed E-state index contributed by atoms with van der Waals surface area (Å²) < 4.78 is 5.19. The standard InChI is InChI=1S/C35H65NO3/c1-2-3-4-5-6-7-8-9-10-11-13-16-19-22-25-29-34(39-35(37)38)30-26-23-20-17-14-12-15-18-21-24-27-31-36-32-28-33-36/h6-7,9-10,34H,2-5,8,11-33H2,1H3,(H,37,38). The maximum atomic E-state index is 11.1. The number of carboxylic acid groups (broad SMARTS) is 1. The van der Waals surface area contributed by atoms with Gasteiger partial charge in [-0.25, -0.2) is 4.79 Å². The predicted octanol–water partition coefficient (Wildman–Crippen LogP) is 11.2. The van der Waals surface area contributed by atoms with Crippen molar-refractivity contribution in [1.82, 2.24) is 4.90 Å². The van der Waals surface area contributed by atoms with Gasteiger partial charge in [0.1, 0.15) is 6.10 Å². The highest BCUT2D eigenvalue weighted by Gasteiger charge is 2.13. The van der Waals surface area contributed by atoms with Crippen LogP contribution >= 0.6 is 0 Å². The van der Waals surface area contributed by atoms with Crippen LogP contribution < -0.4 is 0 Å². The summed E-state index contributed by atoms with van der Waals surface area (Å²) >= 11 is 0. The van der Waals surface area contributed by atoms with E-state index in [1.54, 1.807) is 0 Å². The van der Waals surface area contributed by atoms with Gasteiger partial charge in [0.05, 0.1) is 0 Å². The normalized spacial score (nSPS) is 14.8. The Balaban J connectivity index is 1.87. The molecule has 1 N–H and O–H groups in total. The highest BCUT2D eigenvalue weighted by atomic mass is 16.7. The van der Waals surface area contributed by atoms with Crippen LogP contribution in [0.2, 0.25) is 0 Å². The molecule has 0 aromatic rings. The van der Waals surface area contributed by atoms with E-state index in [1.807, 2.05) is 0 Å². The summed E-state index contributed by atoms with van der Waals surface area (Å²) in [6, 6.07) is 0. The van der Waals surface area contributed by atoms with Crippen LogP contribution in [0.5, 0.6) is 0 Å². The van der Waals surface area contributed by atoms with Crippen molar-refractivity contribution in [3.8, 4) is 0 Å². The van der Waals surface area contributed by atoms with Crippen LogP contribution in [0, 0.1) is 0 Å². The molecule has 4 heteroatoms. The van der Waals surface area contributed by atoms with Gasteiger partial charge < -0.3 is 14.7 Å². The number of hydrogen-bond acceptors (Lipinski definition) is 3. The van der Waals surface area contributed by atoms with Crippen LogP contribution in [0.1, 0.15) is 167 Å². The second-order valence-corrected chi connectivity index (χ2v) is 11.9. The van der Waals surface area contributed by atoms with Gasteiger partial charge in [0.2, 0.25) is 0 Å². The second kappa shape index (κ2) is 28.2. The van der Waals surface area contributed by atoms with Crippen LogP contribution in [0.25, 0.3) is 0 Å². The van der Waals surface area contributed by atoms with E-state index < -0.39 is 6.16 Å². The van der Waals surface area contributed by atoms with Gasteiger partial charge in [0, 0.05) is 0 Å². The number of nitrogens with zero attached hydrogens (tertiary/aromatic N) is 1. The Morgan fingerprint density at radius 3 is 1.59 bits per heavy atom. The molecule has 1 aliphatic rings. The molecule has 0 aromatic heterocycles. The van der Waals surface area contributed by atoms with Crippen molar-refractivity contribution in [1.29, 1.82) is 0 Å². The molecule has 0 radical (unpaired) electrons. The minimum atomic E-state index is -1.11. The molecule has 1 heterocycles. The van der Waals surface area contributed by atoms with Crippen LogP contribution in [0.3, 0.4) is 0 Å². The zero-order valence-corrected chi connectivity index (χ0v) is 25.9. The van der Waals surface area contributed by atoms with E-state index in [2.05, 4.69) is 36.1 Å². The van der Waals surface area contributed by atoms with E-state index in [4.69, 9.17) is 9.84 Å². The molecule has 0 aliphatic carbocycles. The lowest BCUT2D eigenvalue weighted by Gasteiger charge is -2.30. The second-order valence-electron chi connectivity index (χ2n) is 11.9. The first-order chi connectivity index (χ1) is 19.2. The molecule has 1 unspecified atom stereocenters. The first-order valence-electron chi connectivity index (χ1n) is 17.1. The first kappa shape index (κ1) is 35.7. The smallest absolute Gasteiger partial charge is 0.450 e. The fourth-order valence-electron chi connectivity index (χ4n) is 5.49. The van der Waals surface area contributed by atoms with Crippen molar-refractivity contribution in [2.75, 3.05) is 19.6 Å². The lowest BCUT2D eigenvalue weighted by atomic mass is 10.0. The quantitative estimate of drug-likeness (QED) is 0.0574.